The van der Waals surface area contributed by atoms with Gasteiger partial charge in [0.05, 0.1) is 0 Å². The third-order valence-corrected chi connectivity index (χ3v) is 3.63. The molecule has 1 atom stereocenters. The van der Waals surface area contributed by atoms with E-state index in [0.29, 0.717) is 0 Å². The van der Waals surface area contributed by atoms with Crippen molar-refractivity contribution in [2.24, 2.45) is 0 Å². The van der Waals surface area contributed by atoms with Gasteiger partial charge in [0.1, 0.15) is 0 Å². The van der Waals surface area contributed by atoms with E-state index in [4.69, 9.17) is 0 Å². The number of thioether (sulfide) groups is 1. The largest absolute Gasteiger partial charge is 0.316 e. The van der Waals surface area contributed by atoms with Gasteiger partial charge in [0.25, 0.3) is 0 Å². The Labute approximate surface area is 90.3 Å². The van der Waals surface area contributed by atoms with E-state index in [9.17, 15) is 0 Å². The van der Waals surface area contributed by atoms with Crippen molar-refractivity contribution in [3.8, 4) is 0 Å². The van der Waals surface area contributed by atoms with E-state index in [-0.39, 0.29) is 0 Å². The average molecular weight is 207 g/mol. The van der Waals surface area contributed by atoms with Crippen molar-refractivity contribution >= 4 is 11.8 Å². The van der Waals surface area contributed by atoms with Crippen LogP contribution in [0.5, 0.6) is 0 Å². The molecule has 0 spiro atoms. The third kappa shape index (κ3) is 2.31. The quantitative estimate of drug-likeness (QED) is 0.748. The molecule has 2 rings (SSSR count). The molecule has 1 saturated heterocycles. The molecular formula is C12H17NS. The predicted octanol–water partition coefficient (Wildman–Crippen LogP) is 2.88. The summed E-state index contributed by atoms with van der Waals surface area (Å²) >= 11 is 1.81. The minimum Gasteiger partial charge on any atom is -0.316 e. The van der Waals surface area contributed by atoms with Crippen LogP contribution in [0.25, 0.3) is 0 Å². The SMILES string of the molecule is CSc1ccc(C2CCCNC2)cc1. The summed E-state index contributed by atoms with van der Waals surface area (Å²) < 4.78 is 0. The van der Waals surface area contributed by atoms with Crippen LogP contribution in [-0.2, 0) is 0 Å². The van der Waals surface area contributed by atoms with Crippen molar-refractivity contribution in [1.82, 2.24) is 5.32 Å². The second-order valence-corrected chi connectivity index (χ2v) is 4.70. The molecule has 1 fully saturated rings. The van der Waals surface area contributed by atoms with Gasteiger partial charge >= 0.3 is 0 Å². The summed E-state index contributed by atoms with van der Waals surface area (Å²) in [5.41, 5.74) is 1.50. The molecule has 0 aromatic heterocycles. The highest BCUT2D eigenvalue weighted by molar-refractivity contribution is 7.98. The summed E-state index contributed by atoms with van der Waals surface area (Å²) in [6, 6.07) is 9.02. The summed E-state index contributed by atoms with van der Waals surface area (Å²) in [7, 11) is 0. The summed E-state index contributed by atoms with van der Waals surface area (Å²) in [5.74, 6) is 0.736. The number of piperidine rings is 1. The standard InChI is InChI=1S/C12H17NS/c1-14-12-6-4-10(5-7-12)11-3-2-8-13-9-11/h4-7,11,13H,2-3,8-9H2,1H3. The Kier molecular flexibility index (Phi) is 3.49. The third-order valence-electron chi connectivity index (χ3n) is 2.88. The lowest BCUT2D eigenvalue weighted by Crippen LogP contribution is -2.28. The molecule has 14 heavy (non-hydrogen) atoms. The van der Waals surface area contributed by atoms with Crippen LogP contribution in [0, 0.1) is 0 Å². The molecule has 1 nitrogen and oxygen atoms in total. The van der Waals surface area contributed by atoms with Crippen molar-refractivity contribution in [2.45, 2.75) is 23.7 Å². The van der Waals surface area contributed by atoms with Crippen LogP contribution in [0.3, 0.4) is 0 Å². The Morgan fingerprint density at radius 3 is 2.64 bits per heavy atom. The maximum absolute atomic E-state index is 3.46. The van der Waals surface area contributed by atoms with Gasteiger partial charge in [-0.05, 0) is 49.3 Å². The molecule has 76 valence electrons. The van der Waals surface area contributed by atoms with Crippen molar-refractivity contribution in [3.05, 3.63) is 29.8 Å². The average Bonchev–Trinajstić information content (AvgIpc) is 2.30. The summed E-state index contributed by atoms with van der Waals surface area (Å²) in [6.45, 7) is 2.35. The number of rotatable bonds is 2. The Morgan fingerprint density at radius 1 is 1.29 bits per heavy atom. The fourth-order valence-corrected chi connectivity index (χ4v) is 2.42. The zero-order chi connectivity index (χ0) is 9.80. The van der Waals surface area contributed by atoms with E-state index >= 15 is 0 Å². The van der Waals surface area contributed by atoms with Crippen LogP contribution < -0.4 is 5.32 Å². The maximum atomic E-state index is 3.46. The Balaban J connectivity index is 2.07. The second-order valence-electron chi connectivity index (χ2n) is 3.82. The van der Waals surface area contributed by atoms with Gasteiger partial charge < -0.3 is 5.32 Å². The molecule has 0 saturated carbocycles. The molecule has 2 heteroatoms. The molecule has 1 N–H and O–H groups in total. The van der Waals surface area contributed by atoms with E-state index in [2.05, 4.69) is 35.8 Å². The lowest BCUT2D eigenvalue weighted by atomic mass is 9.92. The molecular weight excluding hydrogens is 190 g/mol. The van der Waals surface area contributed by atoms with Gasteiger partial charge in [0.2, 0.25) is 0 Å². The first-order valence-electron chi connectivity index (χ1n) is 5.25. The van der Waals surface area contributed by atoms with Crippen LogP contribution in [0.15, 0.2) is 29.2 Å². The number of hydrogen-bond donors (Lipinski definition) is 1. The Bertz CT molecular complexity index is 275. The van der Waals surface area contributed by atoms with Gasteiger partial charge in [0, 0.05) is 11.4 Å². The van der Waals surface area contributed by atoms with E-state index in [1.165, 1.54) is 29.8 Å². The van der Waals surface area contributed by atoms with Gasteiger partial charge in [0.15, 0.2) is 0 Å². The van der Waals surface area contributed by atoms with Crippen molar-refractivity contribution < 1.29 is 0 Å². The topological polar surface area (TPSA) is 12.0 Å². The smallest absolute Gasteiger partial charge is 0.00693 e. The van der Waals surface area contributed by atoms with E-state index in [1.54, 1.807) is 0 Å². The molecule has 0 amide bonds. The van der Waals surface area contributed by atoms with Crippen LogP contribution in [0.2, 0.25) is 0 Å². The summed E-state index contributed by atoms with van der Waals surface area (Å²) in [6.07, 6.45) is 4.78. The van der Waals surface area contributed by atoms with Gasteiger partial charge in [-0.1, -0.05) is 12.1 Å². The first-order valence-corrected chi connectivity index (χ1v) is 6.47. The van der Waals surface area contributed by atoms with Crippen LogP contribution in [0.1, 0.15) is 24.3 Å². The minimum atomic E-state index is 0.736. The van der Waals surface area contributed by atoms with Crippen molar-refractivity contribution in [2.75, 3.05) is 19.3 Å². The zero-order valence-corrected chi connectivity index (χ0v) is 9.44. The minimum absolute atomic E-state index is 0.736. The number of benzene rings is 1. The van der Waals surface area contributed by atoms with Crippen LogP contribution in [-0.4, -0.2) is 19.3 Å². The van der Waals surface area contributed by atoms with Crippen molar-refractivity contribution in [1.29, 1.82) is 0 Å². The highest BCUT2D eigenvalue weighted by atomic mass is 32.2. The monoisotopic (exact) mass is 207 g/mol. The van der Waals surface area contributed by atoms with Crippen molar-refractivity contribution in [3.63, 3.8) is 0 Å². The second kappa shape index (κ2) is 4.85. The highest BCUT2D eigenvalue weighted by Crippen LogP contribution is 2.25. The maximum Gasteiger partial charge on any atom is 0.00693 e. The number of nitrogens with one attached hydrogen (secondary N) is 1. The molecule has 1 aromatic carbocycles. The predicted molar refractivity (Wildman–Crippen MR) is 63.1 cm³/mol. The van der Waals surface area contributed by atoms with Crippen LogP contribution in [0.4, 0.5) is 0 Å². The summed E-state index contributed by atoms with van der Waals surface area (Å²) in [4.78, 5) is 1.36. The molecule has 1 aliphatic rings. The first kappa shape index (κ1) is 10.1. The van der Waals surface area contributed by atoms with Gasteiger partial charge in [-0.25, -0.2) is 0 Å². The van der Waals surface area contributed by atoms with E-state index in [1.807, 2.05) is 11.8 Å². The molecule has 0 radical (unpaired) electrons. The van der Waals surface area contributed by atoms with Crippen LogP contribution >= 0.6 is 11.8 Å². The molecule has 1 heterocycles. The normalized spacial score (nSPS) is 22.2. The fourth-order valence-electron chi connectivity index (χ4n) is 2.01. The van der Waals surface area contributed by atoms with E-state index < -0.39 is 0 Å². The molecule has 1 unspecified atom stereocenters. The van der Waals surface area contributed by atoms with Gasteiger partial charge in [-0.2, -0.15) is 0 Å². The molecule has 1 aliphatic heterocycles. The summed E-state index contributed by atoms with van der Waals surface area (Å²) in [5, 5.41) is 3.46. The lowest BCUT2D eigenvalue weighted by molar-refractivity contribution is 0.461. The Morgan fingerprint density at radius 2 is 2.07 bits per heavy atom. The van der Waals surface area contributed by atoms with Gasteiger partial charge in [-0.15, -0.1) is 11.8 Å². The highest BCUT2D eigenvalue weighted by Gasteiger charge is 2.14. The first-order chi connectivity index (χ1) is 6.90. The fraction of sp³-hybridized carbons (Fsp3) is 0.500. The molecule has 0 aliphatic carbocycles. The molecule has 1 aromatic rings. The number of hydrogen-bond acceptors (Lipinski definition) is 2. The molecule has 0 bridgehead atoms. The van der Waals surface area contributed by atoms with E-state index in [0.717, 1.165) is 12.5 Å². The van der Waals surface area contributed by atoms with Gasteiger partial charge in [-0.3, -0.25) is 0 Å². The Hall–Kier alpha value is -0.470. The zero-order valence-electron chi connectivity index (χ0n) is 8.62. The lowest BCUT2D eigenvalue weighted by Gasteiger charge is -2.23.